The second-order valence-electron chi connectivity index (χ2n) is 5.32. The predicted octanol–water partition coefficient (Wildman–Crippen LogP) is 0.0988. The average molecular weight is 369 g/mol. The van der Waals surface area contributed by atoms with Crippen LogP contribution in [-0.2, 0) is 35.0 Å². The summed E-state index contributed by atoms with van der Waals surface area (Å²) in [5.74, 6) is -2.31. The Morgan fingerprint density at radius 2 is 1.85 bits per heavy atom. The van der Waals surface area contributed by atoms with E-state index < -0.39 is 36.6 Å². The molecule has 0 aliphatic heterocycles. The third-order valence-corrected chi connectivity index (χ3v) is 3.34. The molecule has 9 nitrogen and oxygen atoms in total. The van der Waals surface area contributed by atoms with E-state index in [1.54, 1.807) is 19.1 Å². The quantitative estimate of drug-likeness (QED) is 0.468. The number of hydrogen-bond acceptors (Lipinski definition) is 7. The van der Waals surface area contributed by atoms with Crippen LogP contribution in [0.3, 0.4) is 0 Å². The van der Waals surface area contributed by atoms with Gasteiger partial charge in [0.1, 0.15) is 18.4 Å². The first-order chi connectivity index (χ1) is 12.4. The van der Waals surface area contributed by atoms with Crippen LogP contribution in [0.15, 0.2) is 24.3 Å². The van der Waals surface area contributed by atoms with Crippen molar-refractivity contribution >= 4 is 17.8 Å². The average Bonchev–Trinajstić information content (AvgIpc) is 2.60. The molecule has 0 heterocycles. The van der Waals surface area contributed by atoms with Crippen molar-refractivity contribution in [2.24, 2.45) is 0 Å². The fourth-order valence-electron chi connectivity index (χ4n) is 2.04. The molecule has 1 amide bonds. The van der Waals surface area contributed by atoms with Gasteiger partial charge in [0, 0.05) is 13.5 Å². The van der Waals surface area contributed by atoms with Gasteiger partial charge in [0.25, 0.3) is 0 Å². The molecule has 144 valence electrons. The summed E-state index contributed by atoms with van der Waals surface area (Å²) in [5.41, 5.74) is 0.715. The van der Waals surface area contributed by atoms with Crippen molar-refractivity contribution in [2.75, 3.05) is 26.9 Å². The van der Waals surface area contributed by atoms with Gasteiger partial charge < -0.3 is 29.7 Å². The van der Waals surface area contributed by atoms with Crippen molar-refractivity contribution < 1.29 is 38.8 Å². The molecule has 1 aromatic carbocycles. The lowest BCUT2D eigenvalue weighted by molar-refractivity contribution is -0.153. The first-order valence-corrected chi connectivity index (χ1v) is 7.94. The smallest absolute Gasteiger partial charge is 0.335 e. The molecule has 1 rings (SSSR count). The number of hydrogen-bond donors (Lipinski definition) is 3. The minimum absolute atomic E-state index is 0.0880. The van der Waals surface area contributed by atoms with E-state index in [2.05, 4.69) is 10.1 Å². The summed E-state index contributed by atoms with van der Waals surface area (Å²) in [5, 5.41) is 20.6. The summed E-state index contributed by atoms with van der Waals surface area (Å²) in [4.78, 5) is 34.8. The van der Waals surface area contributed by atoms with E-state index in [0.29, 0.717) is 5.56 Å². The highest BCUT2D eigenvalue weighted by molar-refractivity contribution is 5.85. The molecule has 0 fully saturated rings. The molecule has 0 aromatic heterocycles. The highest BCUT2D eigenvalue weighted by Gasteiger charge is 2.23. The number of carboxylic acids is 1. The number of phenolic OH excluding ortho intramolecular Hbond substituents is 1. The largest absolute Gasteiger partial charge is 0.508 e. The third kappa shape index (κ3) is 7.49. The molecule has 0 saturated heterocycles. The molecule has 0 aliphatic rings. The van der Waals surface area contributed by atoms with Crippen molar-refractivity contribution in [3.63, 3.8) is 0 Å². The van der Waals surface area contributed by atoms with Gasteiger partial charge >= 0.3 is 11.9 Å². The number of benzene rings is 1. The molecule has 2 unspecified atom stereocenters. The number of amides is 1. The number of esters is 1. The third-order valence-electron chi connectivity index (χ3n) is 3.34. The monoisotopic (exact) mass is 369 g/mol. The van der Waals surface area contributed by atoms with Crippen LogP contribution in [0.25, 0.3) is 0 Å². The van der Waals surface area contributed by atoms with Crippen LogP contribution in [0.2, 0.25) is 0 Å². The molecule has 1 aromatic rings. The van der Waals surface area contributed by atoms with Gasteiger partial charge in [0.2, 0.25) is 5.91 Å². The topological polar surface area (TPSA) is 131 Å². The van der Waals surface area contributed by atoms with Crippen molar-refractivity contribution in [3.05, 3.63) is 29.8 Å². The van der Waals surface area contributed by atoms with Crippen molar-refractivity contribution in [1.29, 1.82) is 0 Å². The Bertz CT molecular complexity index is 601. The zero-order valence-corrected chi connectivity index (χ0v) is 14.6. The molecule has 0 radical (unpaired) electrons. The predicted molar refractivity (Wildman–Crippen MR) is 89.6 cm³/mol. The van der Waals surface area contributed by atoms with Crippen molar-refractivity contribution in [2.45, 2.75) is 25.5 Å². The zero-order chi connectivity index (χ0) is 19.5. The number of carboxylic acid groups (broad SMARTS) is 1. The number of carbonyl (C=O) groups excluding carboxylic acids is 2. The summed E-state index contributed by atoms with van der Waals surface area (Å²) in [6.45, 7) is 1.07. The lowest BCUT2D eigenvalue weighted by Crippen LogP contribution is -2.45. The van der Waals surface area contributed by atoms with E-state index in [-0.39, 0.29) is 25.4 Å². The van der Waals surface area contributed by atoms with Crippen LogP contribution in [0.4, 0.5) is 0 Å². The number of nitrogens with one attached hydrogen (secondary N) is 1. The molecule has 9 heteroatoms. The van der Waals surface area contributed by atoms with E-state index in [9.17, 15) is 19.5 Å². The van der Waals surface area contributed by atoms with E-state index in [4.69, 9.17) is 14.6 Å². The molecule has 2 atom stereocenters. The number of carbonyl (C=O) groups is 3. The minimum Gasteiger partial charge on any atom is -0.508 e. The molecular formula is C17H23NO8. The summed E-state index contributed by atoms with van der Waals surface area (Å²) >= 11 is 0. The van der Waals surface area contributed by atoms with Crippen LogP contribution >= 0.6 is 0 Å². The summed E-state index contributed by atoms with van der Waals surface area (Å²) in [7, 11) is 1.22. The maximum Gasteiger partial charge on any atom is 0.335 e. The Kier molecular flexibility index (Phi) is 9.10. The summed E-state index contributed by atoms with van der Waals surface area (Å²) in [6.07, 6.45) is -1.01. The molecular weight excluding hydrogens is 346 g/mol. The Labute approximate surface area is 150 Å². The highest BCUT2D eigenvalue weighted by Crippen LogP contribution is 2.12. The van der Waals surface area contributed by atoms with E-state index in [0.717, 1.165) is 0 Å². The van der Waals surface area contributed by atoms with E-state index in [1.807, 2.05) is 0 Å². The zero-order valence-electron chi connectivity index (χ0n) is 14.6. The van der Waals surface area contributed by atoms with Gasteiger partial charge in [0.15, 0.2) is 6.10 Å². The fourth-order valence-corrected chi connectivity index (χ4v) is 2.04. The highest BCUT2D eigenvalue weighted by atomic mass is 16.5. The van der Waals surface area contributed by atoms with Gasteiger partial charge in [-0.3, -0.25) is 4.79 Å². The SMILES string of the molecule is CCOC(=O)C(Cc1ccc(O)cc1)NC(=O)COCC(OC)C(=O)O. The van der Waals surface area contributed by atoms with Gasteiger partial charge in [0.05, 0.1) is 13.2 Å². The van der Waals surface area contributed by atoms with Gasteiger partial charge in [-0.05, 0) is 24.6 Å². The van der Waals surface area contributed by atoms with Crippen LogP contribution in [0.1, 0.15) is 12.5 Å². The Balaban J connectivity index is 2.61. The Morgan fingerprint density at radius 1 is 1.19 bits per heavy atom. The normalized spacial score (nSPS) is 12.8. The number of aromatic hydroxyl groups is 1. The number of ether oxygens (including phenoxy) is 3. The molecule has 0 saturated carbocycles. The van der Waals surface area contributed by atoms with Gasteiger partial charge in [-0.25, -0.2) is 9.59 Å². The Morgan fingerprint density at radius 3 is 2.38 bits per heavy atom. The van der Waals surface area contributed by atoms with Crippen LogP contribution in [0.5, 0.6) is 5.75 Å². The van der Waals surface area contributed by atoms with Crippen molar-refractivity contribution in [1.82, 2.24) is 5.32 Å². The molecule has 3 N–H and O–H groups in total. The van der Waals surface area contributed by atoms with E-state index in [1.165, 1.54) is 19.2 Å². The minimum atomic E-state index is -1.20. The standard InChI is InChI=1S/C17H23NO8/c1-3-26-17(23)13(8-11-4-6-12(19)7-5-11)18-15(20)10-25-9-14(24-2)16(21)22/h4-7,13-14,19H,3,8-10H2,1-2H3,(H,18,20)(H,21,22). The number of rotatable bonds is 11. The first-order valence-electron chi connectivity index (χ1n) is 7.94. The van der Waals surface area contributed by atoms with Gasteiger partial charge in [-0.15, -0.1) is 0 Å². The second-order valence-corrected chi connectivity index (χ2v) is 5.32. The maximum atomic E-state index is 12.0. The van der Waals surface area contributed by atoms with Crippen molar-refractivity contribution in [3.8, 4) is 5.75 Å². The summed E-state index contributed by atoms with van der Waals surface area (Å²) < 4.78 is 14.6. The lowest BCUT2D eigenvalue weighted by atomic mass is 10.1. The summed E-state index contributed by atoms with van der Waals surface area (Å²) in [6, 6.07) is 5.26. The first kappa shape index (κ1) is 21.4. The molecule has 0 aliphatic carbocycles. The number of methoxy groups -OCH3 is 1. The van der Waals surface area contributed by atoms with Gasteiger partial charge in [-0.1, -0.05) is 12.1 Å². The maximum absolute atomic E-state index is 12.0. The van der Waals surface area contributed by atoms with Crippen LogP contribution in [0, 0.1) is 0 Å². The molecule has 0 bridgehead atoms. The second kappa shape index (κ2) is 11.1. The number of phenols is 1. The van der Waals surface area contributed by atoms with Crippen LogP contribution in [-0.4, -0.2) is 67.1 Å². The molecule has 26 heavy (non-hydrogen) atoms. The van der Waals surface area contributed by atoms with Crippen LogP contribution < -0.4 is 5.32 Å². The molecule has 0 spiro atoms. The lowest BCUT2D eigenvalue weighted by Gasteiger charge is -2.18. The number of aliphatic carboxylic acids is 1. The van der Waals surface area contributed by atoms with Gasteiger partial charge in [-0.2, -0.15) is 0 Å². The fraction of sp³-hybridized carbons (Fsp3) is 0.471. The van der Waals surface area contributed by atoms with E-state index >= 15 is 0 Å². The Hall–Kier alpha value is -2.65.